The molecule has 22 heavy (non-hydrogen) atoms. The first-order chi connectivity index (χ1) is 10.7. The Morgan fingerprint density at radius 2 is 2.05 bits per heavy atom. The SMILES string of the molecule is CN1C(=O)CC[C@H](C(=O)NC2CCCCC2)[C@H]1c1cccs1. The quantitative estimate of drug-likeness (QED) is 0.930. The summed E-state index contributed by atoms with van der Waals surface area (Å²) in [5.74, 6) is 0.146. The van der Waals surface area contributed by atoms with Gasteiger partial charge >= 0.3 is 0 Å². The van der Waals surface area contributed by atoms with E-state index in [9.17, 15) is 9.59 Å². The summed E-state index contributed by atoms with van der Waals surface area (Å²) in [5, 5.41) is 5.26. The molecular weight excluding hydrogens is 296 g/mol. The third-order valence-electron chi connectivity index (χ3n) is 4.98. The van der Waals surface area contributed by atoms with Gasteiger partial charge in [-0.1, -0.05) is 25.3 Å². The molecule has 0 aromatic carbocycles. The summed E-state index contributed by atoms with van der Waals surface area (Å²) in [6.07, 6.45) is 7.02. The second-order valence-electron chi connectivity index (χ2n) is 6.45. The van der Waals surface area contributed by atoms with E-state index in [1.807, 2.05) is 24.6 Å². The fourth-order valence-electron chi connectivity index (χ4n) is 3.72. The Balaban J connectivity index is 1.74. The zero-order chi connectivity index (χ0) is 15.5. The van der Waals surface area contributed by atoms with Crippen LogP contribution in [0.4, 0.5) is 0 Å². The molecule has 3 rings (SSSR count). The second-order valence-corrected chi connectivity index (χ2v) is 7.43. The van der Waals surface area contributed by atoms with E-state index in [1.165, 1.54) is 19.3 Å². The van der Waals surface area contributed by atoms with Crippen molar-refractivity contribution in [2.75, 3.05) is 7.05 Å². The first-order valence-electron chi connectivity index (χ1n) is 8.26. The second kappa shape index (κ2) is 6.82. The molecule has 0 radical (unpaired) electrons. The van der Waals surface area contributed by atoms with E-state index in [2.05, 4.69) is 5.32 Å². The number of hydrogen-bond acceptors (Lipinski definition) is 3. The zero-order valence-corrected chi connectivity index (χ0v) is 13.9. The predicted molar refractivity (Wildman–Crippen MR) is 87.6 cm³/mol. The van der Waals surface area contributed by atoms with Crippen molar-refractivity contribution in [3.05, 3.63) is 22.4 Å². The predicted octanol–water partition coefficient (Wildman–Crippen LogP) is 3.11. The Kier molecular flexibility index (Phi) is 4.81. The number of amides is 2. The summed E-state index contributed by atoms with van der Waals surface area (Å²) in [4.78, 5) is 27.7. The monoisotopic (exact) mass is 320 g/mol. The summed E-state index contributed by atoms with van der Waals surface area (Å²) in [7, 11) is 1.83. The molecule has 1 saturated heterocycles. The molecule has 2 heterocycles. The van der Waals surface area contributed by atoms with Gasteiger partial charge in [0.25, 0.3) is 0 Å². The van der Waals surface area contributed by atoms with Crippen molar-refractivity contribution >= 4 is 23.2 Å². The molecule has 2 aliphatic rings. The molecule has 2 amide bonds. The maximum atomic E-state index is 12.8. The molecule has 120 valence electrons. The molecule has 5 heteroatoms. The maximum absolute atomic E-state index is 12.8. The topological polar surface area (TPSA) is 49.4 Å². The number of nitrogens with zero attached hydrogens (tertiary/aromatic N) is 1. The molecule has 1 N–H and O–H groups in total. The van der Waals surface area contributed by atoms with E-state index in [0.29, 0.717) is 18.9 Å². The third kappa shape index (κ3) is 3.19. The van der Waals surface area contributed by atoms with Gasteiger partial charge in [-0.15, -0.1) is 11.3 Å². The molecule has 1 saturated carbocycles. The van der Waals surface area contributed by atoms with E-state index in [0.717, 1.165) is 17.7 Å². The third-order valence-corrected chi connectivity index (χ3v) is 5.93. The van der Waals surface area contributed by atoms with Crippen LogP contribution in [0.5, 0.6) is 0 Å². The Morgan fingerprint density at radius 1 is 1.27 bits per heavy atom. The lowest BCUT2D eigenvalue weighted by molar-refractivity contribution is -0.141. The van der Waals surface area contributed by atoms with Gasteiger partial charge in [-0.05, 0) is 30.7 Å². The lowest BCUT2D eigenvalue weighted by atomic mass is 9.86. The van der Waals surface area contributed by atoms with Crippen LogP contribution in [0, 0.1) is 5.92 Å². The number of hydrogen-bond donors (Lipinski definition) is 1. The lowest BCUT2D eigenvalue weighted by Crippen LogP contribution is -2.48. The van der Waals surface area contributed by atoms with Crippen LogP contribution >= 0.6 is 11.3 Å². The number of thiophene rings is 1. The number of likely N-dealkylation sites (tertiary alicyclic amines) is 1. The number of piperidine rings is 1. The van der Waals surface area contributed by atoms with Crippen LogP contribution in [-0.4, -0.2) is 29.8 Å². The van der Waals surface area contributed by atoms with E-state index < -0.39 is 0 Å². The first-order valence-corrected chi connectivity index (χ1v) is 9.14. The highest BCUT2D eigenvalue weighted by Gasteiger charge is 2.39. The summed E-state index contributed by atoms with van der Waals surface area (Å²) >= 11 is 1.63. The van der Waals surface area contributed by atoms with Gasteiger partial charge in [0.1, 0.15) is 0 Å². The van der Waals surface area contributed by atoms with Crippen LogP contribution in [0.3, 0.4) is 0 Å². The average Bonchev–Trinajstić information content (AvgIpc) is 3.04. The molecule has 1 aliphatic heterocycles. The molecule has 1 aliphatic carbocycles. The molecule has 1 aromatic heterocycles. The van der Waals surface area contributed by atoms with Gasteiger partial charge in [0.15, 0.2) is 0 Å². The van der Waals surface area contributed by atoms with Gasteiger partial charge in [-0.25, -0.2) is 0 Å². The lowest BCUT2D eigenvalue weighted by Gasteiger charge is -2.38. The molecule has 4 nitrogen and oxygen atoms in total. The van der Waals surface area contributed by atoms with E-state index in [4.69, 9.17) is 0 Å². The number of carbonyl (C=O) groups excluding carboxylic acids is 2. The number of carbonyl (C=O) groups is 2. The first kappa shape index (κ1) is 15.5. The highest BCUT2D eigenvalue weighted by Crippen LogP contribution is 2.38. The van der Waals surface area contributed by atoms with Gasteiger partial charge in [0, 0.05) is 24.4 Å². The van der Waals surface area contributed by atoms with Crippen LogP contribution in [0.2, 0.25) is 0 Å². The molecule has 2 fully saturated rings. The van der Waals surface area contributed by atoms with Crippen LogP contribution in [-0.2, 0) is 9.59 Å². The Labute approximate surface area is 135 Å². The van der Waals surface area contributed by atoms with Gasteiger partial charge < -0.3 is 10.2 Å². The number of nitrogens with one attached hydrogen (secondary N) is 1. The normalized spacial score (nSPS) is 27.0. The largest absolute Gasteiger partial charge is 0.353 e. The van der Waals surface area contributed by atoms with E-state index in [1.54, 1.807) is 16.2 Å². The van der Waals surface area contributed by atoms with E-state index in [-0.39, 0.29) is 23.8 Å². The smallest absolute Gasteiger partial charge is 0.225 e. The maximum Gasteiger partial charge on any atom is 0.225 e. The Morgan fingerprint density at radius 3 is 2.73 bits per heavy atom. The summed E-state index contributed by atoms with van der Waals surface area (Å²) in [5.41, 5.74) is 0. The van der Waals surface area contributed by atoms with Gasteiger partial charge in [0.2, 0.25) is 11.8 Å². The minimum atomic E-state index is -0.122. The highest BCUT2D eigenvalue weighted by molar-refractivity contribution is 7.10. The van der Waals surface area contributed by atoms with Gasteiger partial charge in [0.05, 0.1) is 12.0 Å². The standard InChI is InChI=1S/C17H24N2O2S/c1-19-15(20)10-9-13(16(19)14-8-5-11-22-14)17(21)18-12-6-3-2-4-7-12/h5,8,11-13,16H,2-4,6-7,9-10H2,1H3,(H,18,21)/t13-,16-/m0/s1. The van der Waals surface area contributed by atoms with Gasteiger partial charge in [-0.3, -0.25) is 9.59 Å². The fourth-order valence-corrected chi connectivity index (χ4v) is 4.65. The van der Waals surface area contributed by atoms with Crippen molar-refractivity contribution in [1.29, 1.82) is 0 Å². The van der Waals surface area contributed by atoms with Crippen molar-refractivity contribution in [3.63, 3.8) is 0 Å². The van der Waals surface area contributed by atoms with Crippen molar-refractivity contribution in [1.82, 2.24) is 10.2 Å². The molecule has 0 unspecified atom stereocenters. The molecule has 0 spiro atoms. The minimum absolute atomic E-state index is 0.107. The van der Waals surface area contributed by atoms with Crippen LogP contribution < -0.4 is 5.32 Å². The van der Waals surface area contributed by atoms with Crippen LogP contribution in [0.25, 0.3) is 0 Å². The van der Waals surface area contributed by atoms with E-state index >= 15 is 0 Å². The number of rotatable bonds is 3. The van der Waals surface area contributed by atoms with Crippen LogP contribution in [0.15, 0.2) is 17.5 Å². The van der Waals surface area contributed by atoms with Crippen molar-refractivity contribution in [2.24, 2.45) is 5.92 Å². The van der Waals surface area contributed by atoms with Crippen molar-refractivity contribution in [2.45, 2.75) is 57.0 Å². The fraction of sp³-hybridized carbons (Fsp3) is 0.647. The molecule has 0 bridgehead atoms. The zero-order valence-electron chi connectivity index (χ0n) is 13.1. The summed E-state index contributed by atoms with van der Waals surface area (Å²) in [6.45, 7) is 0. The molecule has 2 atom stereocenters. The Hall–Kier alpha value is -1.36. The minimum Gasteiger partial charge on any atom is -0.353 e. The average molecular weight is 320 g/mol. The van der Waals surface area contributed by atoms with Crippen LogP contribution in [0.1, 0.15) is 55.9 Å². The summed E-state index contributed by atoms with van der Waals surface area (Å²) in [6, 6.07) is 4.24. The Bertz CT molecular complexity index is 523. The van der Waals surface area contributed by atoms with Crippen molar-refractivity contribution in [3.8, 4) is 0 Å². The summed E-state index contributed by atoms with van der Waals surface area (Å²) < 4.78 is 0. The van der Waals surface area contributed by atoms with Crippen molar-refractivity contribution < 1.29 is 9.59 Å². The molecular formula is C17H24N2O2S. The molecule has 1 aromatic rings. The highest BCUT2D eigenvalue weighted by atomic mass is 32.1. The van der Waals surface area contributed by atoms with Gasteiger partial charge in [-0.2, -0.15) is 0 Å².